The zero-order valence-electron chi connectivity index (χ0n) is 11.4. The highest BCUT2D eigenvalue weighted by molar-refractivity contribution is 4.77. The van der Waals surface area contributed by atoms with Crippen LogP contribution in [0.1, 0.15) is 26.7 Å². The predicted octanol–water partition coefficient (Wildman–Crippen LogP) is 1.11. The number of hydrogen-bond acceptors (Lipinski definition) is 4. The second kappa shape index (κ2) is 9.83. The normalized spacial score (nSPS) is 21.9. The van der Waals surface area contributed by atoms with Crippen LogP contribution in [0.5, 0.6) is 0 Å². The van der Waals surface area contributed by atoms with E-state index in [2.05, 4.69) is 17.1 Å². The number of rotatable bonds is 9. The number of nitrogens with one attached hydrogen (secondary N) is 1. The summed E-state index contributed by atoms with van der Waals surface area (Å²) in [4.78, 5) is 2.53. The predicted molar refractivity (Wildman–Crippen MR) is 70.5 cm³/mol. The zero-order valence-corrected chi connectivity index (χ0v) is 11.4. The molecule has 0 radical (unpaired) electrons. The van der Waals surface area contributed by atoms with Gasteiger partial charge in [0.2, 0.25) is 0 Å². The molecule has 4 nitrogen and oxygen atoms in total. The third-order valence-electron chi connectivity index (χ3n) is 3.09. The highest BCUT2D eigenvalue weighted by Gasteiger charge is 2.21. The first-order valence-electron chi connectivity index (χ1n) is 6.98. The van der Waals surface area contributed by atoms with Gasteiger partial charge in [-0.05, 0) is 26.3 Å². The Bertz CT molecular complexity index is 179. The maximum atomic E-state index is 5.56. The molecule has 1 aliphatic rings. The quantitative estimate of drug-likeness (QED) is 0.616. The van der Waals surface area contributed by atoms with Crippen molar-refractivity contribution in [2.24, 2.45) is 0 Å². The van der Waals surface area contributed by atoms with E-state index in [0.29, 0.717) is 6.04 Å². The molecule has 0 aromatic carbocycles. The molecule has 1 unspecified atom stereocenters. The molecule has 0 bridgehead atoms. The summed E-state index contributed by atoms with van der Waals surface area (Å²) in [5.74, 6) is 0. The first-order valence-corrected chi connectivity index (χ1v) is 6.98. The molecular formula is C13H28N2O2. The number of hydrogen-bond donors (Lipinski definition) is 1. The van der Waals surface area contributed by atoms with Gasteiger partial charge in [0.25, 0.3) is 0 Å². The highest BCUT2D eigenvalue weighted by Crippen LogP contribution is 2.07. The van der Waals surface area contributed by atoms with Crippen LogP contribution in [-0.4, -0.2) is 63.5 Å². The lowest BCUT2D eigenvalue weighted by Crippen LogP contribution is -2.50. The fraction of sp³-hybridized carbons (Fsp3) is 1.00. The van der Waals surface area contributed by atoms with E-state index in [0.717, 1.165) is 59.0 Å². The van der Waals surface area contributed by atoms with Crippen LogP contribution in [0, 0.1) is 0 Å². The molecule has 0 amide bonds. The molecule has 17 heavy (non-hydrogen) atoms. The van der Waals surface area contributed by atoms with Crippen molar-refractivity contribution in [3.8, 4) is 0 Å². The van der Waals surface area contributed by atoms with Crippen molar-refractivity contribution >= 4 is 0 Å². The van der Waals surface area contributed by atoms with Gasteiger partial charge >= 0.3 is 0 Å². The van der Waals surface area contributed by atoms with Crippen LogP contribution in [0.2, 0.25) is 0 Å². The molecular weight excluding hydrogens is 216 g/mol. The van der Waals surface area contributed by atoms with Crippen molar-refractivity contribution < 1.29 is 9.47 Å². The van der Waals surface area contributed by atoms with Gasteiger partial charge in [-0.1, -0.05) is 6.92 Å². The Labute approximate surface area is 106 Å². The highest BCUT2D eigenvalue weighted by atomic mass is 16.5. The van der Waals surface area contributed by atoms with Gasteiger partial charge in [0.15, 0.2) is 0 Å². The Kier molecular flexibility index (Phi) is 8.61. The largest absolute Gasteiger partial charge is 0.382 e. The van der Waals surface area contributed by atoms with E-state index in [1.807, 2.05) is 6.92 Å². The molecule has 0 aromatic rings. The summed E-state index contributed by atoms with van der Waals surface area (Å²) >= 11 is 0. The van der Waals surface area contributed by atoms with E-state index in [9.17, 15) is 0 Å². The minimum Gasteiger partial charge on any atom is -0.382 e. The smallest absolute Gasteiger partial charge is 0.0634 e. The van der Waals surface area contributed by atoms with E-state index >= 15 is 0 Å². The van der Waals surface area contributed by atoms with Gasteiger partial charge in [-0.2, -0.15) is 0 Å². The van der Waals surface area contributed by atoms with Crippen molar-refractivity contribution in [3.05, 3.63) is 0 Å². The Morgan fingerprint density at radius 2 is 2.29 bits per heavy atom. The molecule has 1 heterocycles. The van der Waals surface area contributed by atoms with Gasteiger partial charge in [-0.3, -0.25) is 4.90 Å². The average molecular weight is 244 g/mol. The molecule has 0 aromatic heterocycles. The second-order valence-electron chi connectivity index (χ2n) is 4.52. The summed E-state index contributed by atoms with van der Waals surface area (Å²) in [5.41, 5.74) is 0. The van der Waals surface area contributed by atoms with E-state index in [-0.39, 0.29) is 0 Å². The number of ether oxygens (including phenoxy) is 2. The van der Waals surface area contributed by atoms with Crippen molar-refractivity contribution in [3.63, 3.8) is 0 Å². The summed E-state index contributed by atoms with van der Waals surface area (Å²) in [7, 11) is 0. The van der Waals surface area contributed by atoms with Crippen LogP contribution in [0.4, 0.5) is 0 Å². The maximum absolute atomic E-state index is 5.56. The summed E-state index contributed by atoms with van der Waals surface area (Å²) in [5, 5.41) is 3.48. The minimum absolute atomic E-state index is 0.539. The minimum atomic E-state index is 0.539. The molecule has 1 fully saturated rings. The Morgan fingerprint density at radius 3 is 3.06 bits per heavy atom. The van der Waals surface area contributed by atoms with E-state index in [4.69, 9.17) is 9.47 Å². The molecule has 1 aliphatic heterocycles. The number of morpholine rings is 1. The third-order valence-corrected chi connectivity index (χ3v) is 3.09. The summed E-state index contributed by atoms with van der Waals surface area (Å²) < 4.78 is 10.9. The van der Waals surface area contributed by atoms with Gasteiger partial charge in [-0.25, -0.2) is 0 Å². The average Bonchev–Trinajstić information content (AvgIpc) is 2.36. The molecule has 1 saturated heterocycles. The van der Waals surface area contributed by atoms with Gasteiger partial charge in [0, 0.05) is 38.9 Å². The molecule has 102 valence electrons. The van der Waals surface area contributed by atoms with Crippen LogP contribution in [0.25, 0.3) is 0 Å². The summed E-state index contributed by atoms with van der Waals surface area (Å²) in [6.45, 7) is 12.0. The van der Waals surface area contributed by atoms with Gasteiger partial charge in [0.1, 0.15) is 0 Å². The first kappa shape index (κ1) is 14.9. The van der Waals surface area contributed by atoms with Crippen molar-refractivity contribution in [1.29, 1.82) is 0 Å². The van der Waals surface area contributed by atoms with E-state index in [1.54, 1.807) is 0 Å². The van der Waals surface area contributed by atoms with Crippen LogP contribution in [0.15, 0.2) is 0 Å². The molecule has 1 N–H and O–H groups in total. The van der Waals surface area contributed by atoms with Gasteiger partial charge < -0.3 is 14.8 Å². The summed E-state index contributed by atoms with van der Waals surface area (Å²) in [6.07, 6.45) is 2.32. The summed E-state index contributed by atoms with van der Waals surface area (Å²) in [6, 6.07) is 0.539. The van der Waals surface area contributed by atoms with Crippen molar-refractivity contribution in [1.82, 2.24) is 10.2 Å². The zero-order chi connectivity index (χ0) is 12.3. The molecule has 1 rings (SSSR count). The maximum Gasteiger partial charge on any atom is 0.0634 e. The molecule has 4 heteroatoms. The standard InChI is InChI=1S/C13H28N2O2/c1-3-6-14-11-13-12-17-10-8-15(13)7-5-9-16-4-2/h13-14H,3-12H2,1-2H3. The molecule has 0 aliphatic carbocycles. The lowest BCUT2D eigenvalue weighted by Gasteiger charge is -2.35. The van der Waals surface area contributed by atoms with E-state index in [1.165, 1.54) is 6.42 Å². The topological polar surface area (TPSA) is 33.7 Å². The van der Waals surface area contributed by atoms with Crippen LogP contribution in [-0.2, 0) is 9.47 Å². The SMILES string of the molecule is CCCNCC1COCCN1CCCOCC. The van der Waals surface area contributed by atoms with Crippen LogP contribution in [0.3, 0.4) is 0 Å². The van der Waals surface area contributed by atoms with Gasteiger partial charge in [-0.15, -0.1) is 0 Å². The van der Waals surface area contributed by atoms with Crippen molar-refractivity contribution in [2.45, 2.75) is 32.7 Å². The lowest BCUT2D eigenvalue weighted by molar-refractivity contribution is -0.0104. The Balaban J connectivity index is 2.17. The second-order valence-corrected chi connectivity index (χ2v) is 4.52. The fourth-order valence-corrected chi connectivity index (χ4v) is 2.13. The molecule has 0 saturated carbocycles. The monoisotopic (exact) mass is 244 g/mol. The Hall–Kier alpha value is -0.160. The fourth-order valence-electron chi connectivity index (χ4n) is 2.13. The van der Waals surface area contributed by atoms with Crippen LogP contribution < -0.4 is 5.32 Å². The lowest BCUT2D eigenvalue weighted by atomic mass is 10.2. The molecule has 0 spiro atoms. The third kappa shape index (κ3) is 6.36. The number of nitrogens with zero attached hydrogens (tertiary/aromatic N) is 1. The van der Waals surface area contributed by atoms with Crippen LogP contribution >= 0.6 is 0 Å². The molecule has 1 atom stereocenters. The van der Waals surface area contributed by atoms with E-state index < -0.39 is 0 Å². The first-order chi connectivity index (χ1) is 8.38. The van der Waals surface area contributed by atoms with Gasteiger partial charge in [0.05, 0.1) is 13.2 Å². The van der Waals surface area contributed by atoms with Crippen molar-refractivity contribution in [2.75, 3.05) is 52.6 Å². The Morgan fingerprint density at radius 1 is 1.41 bits per heavy atom.